The molecule has 0 spiro atoms. The predicted octanol–water partition coefficient (Wildman–Crippen LogP) is 0.639. The molecule has 0 aromatic carbocycles. The number of Topliss-reactive ketones (excluding diaryl/α,β-unsaturated/α-hetero) is 2. The molecular formula is C15H8N2O8. The maximum atomic E-state index is 12.3. The molecule has 10 nitrogen and oxygen atoms in total. The molecule has 2 aromatic rings. The first-order chi connectivity index (χ1) is 11.8. The molecule has 1 aliphatic rings. The average Bonchev–Trinajstić information content (AvgIpc) is 3.03. The average molecular weight is 344 g/mol. The Bertz CT molecular complexity index is 1000. The van der Waals surface area contributed by atoms with Gasteiger partial charge in [-0.05, 0) is 12.1 Å². The van der Waals surface area contributed by atoms with Gasteiger partial charge in [0, 0.05) is 5.56 Å². The van der Waals surface area contributed by atoms with Crippen molar-refractivity contribution in [3.8, 4) is 11.3 Å². The SMILES string of the molecule is COC(=O)c1cc(C(=O)O)c2c(n1)C(=O)C(=O)c1cc(C(=O)O)[nH]c1-2. The summed E-state index contributed by atoms with van der Waals surface area (Å²) in [4.78, 5) is 64.9. The summed E-state index contributed by atoms with van der Waals surface area (Å²) in [7, 11) is 1.04. The molecule has 1 aliphatic carbocycles. The summed E-state index contributed by atoms with van der Waals surface area (Å²) < 4.78 is 4.45. The minimum atomic E-state index is -1.50. The zero-order valence-electron chi connectivity index (χ0n) is 12.4. The van der Waals surface area contributed by atoms with Crippen molar-refractivity contribution in [2.75, 3.05) is 7.11 Å². The number of carboxylic acids is 2. The van der Waals surface area contributed by atoms with Gasteiger partial charge in [0.15, 0.2) is 0 Å². The van der Waals surface area contributed by atoms with Crippen molar-refractivity contribution in [3.05, 3.63) is 40.3 Å². The van der Waals surface area contributed by atoms with Crippen molar-refractivity contribution in [3.63, 3.8) is 0 Å². The Hall–Kier alpha value is -3.82. The van der Waals surface area contributed by atoms with Gasteiger partial charge >= 0.3 is 17.9 Å². The van der Waals surface area contributed by atoms with Crippen LogP contribution in [0.3, 0.4) is 0 Å². The van der Waals surface area contributed by atoms with E-state index >= 15 is 0 Å². The minimum absolute atomic E-state index is 0.154. The summed E-state index contributed by atoms with van der Waals surface area (Å²) in [5, 5.41) is 18.4. The molecule has 0 atom stereocenters. The highest BCUT2D eigenvalue weighted by atomic mass is 16.5. The summed E-state index contributed by atoms with van der Waals surface area (Å²) in [6, 6.07) is 1.84. The molecule has 0 saturated heterocycles. The second kappa shape index (κ2) is 5.37. The van der Waals surface area contributed by atoms with Gasteiger partial charge in [0.05, 0.1) is 23.9 Å². The summed E-state index contributed by atoms with van der Waals surface area (Å²) >= 11 is 0. The maximum Gasteiger partial charge on any atom is 0.356 e. The Morgan fingerprint density at radius 1 is 1.08 bits per heavy atom. The van der Waals surface area contributed by atoms with Crippen LogP contribution < -0.4 is 0 Å². The van der Waals surface area contributed by atoms with Crippen LogP contribution in [0.2, 0.25) is 0 Å². The number of methoxy groups -OCH3 is 1. The van der Waals surface area contributed by atoms with E-state index in [1.807, 2.05) is 0 Å². The van der Waals surface area contributed by atoms with E-state index < -0.39 is 52.1 Å². The first-order valence-corrected chi connectivity index (χ1v) is 6.68. The quantitative estimate of drug-likeness (QED) is 0.535. The Labute approximate surface area is 138 Å². The summed E-state index contributed by atoms with van der Waals surface area (Å²) in [6.45, 7) is 0. The van der Waals surface area contributed by atoms with Crippen molar-refractivity contribution in [2.24, 2.45) is 0 Å². The van der Waals surface area contributed by atoms with Gasteiger partial charge in [-0.15, -0.1) is 0 Å². The molecule has 0 unspecified atom stereocenters. The number of ether oxygens (including phenoxy) is 1. The van der Waals surface area contributed by atoms with Crippen molar-refractivity contribution in [1.29, 1.82) is 0 Å². The van der Waals surface area contributed by atoms with Crippen LogP contribution in [0.25, 0.3) is 11.3 Å². The molecule has 3 rings (SSSR count). The standard InChI is InChI=1S/C15H8N2O8/c1-25-15(24)7-2-4(13(20)21)8-9-5(3-6(16-9)14(22)23)11(18)12(19)10(8)17-7/h2-3,16H,1H3,(H,20,21)(H,22,23). The number of nitrogens with zero attached hydrogens (tertiary/aromatic N) is 1. The van der Waals surface area contributed by atoms with Gasteiger partial charge in [0.25, 0.3) is 5.78 Å². The van der Waals surface area contributed by atoms with Crippen molar-refractivity contribution >= 4 is 29.5 Å². The van der Waals surface area contributed by atoms with Crippen molar-refractivity contribution < 1.29 is 38.9 Å². The fourth-order valence-corrected chi connectivity index (χ4v) is 2.52. The fourth-order valence-electron chi connectivity index (χ4n) is 2.52. The van der Waals surface area contributed by atoms with Gasteiger partial charge in [-0.25, -0.2) is 19.4 Å². The second-order valence-corrected chi connectivity index (χ2v) is 5.01. The third kappa shape index (κ3) is 2.27. The predicted molar refractivity (Wildman–Crippen MR) is 77.9 cm³/mol. The highest BCUT2D eigenvalue weighted by molar-refractivity contribution is 6.52. The molecule has 3 N–H and O–H groups in total. The van der Waals surface area contributed by atoms with E-state index in [2.05, 4.69) is 14.7 Å². The van der Waals surface area contributed by atoms with Crippen LogP contribution in [-0.4, -0.2) is 56.8 Å². The summed E-state index contributed by atoms with van der Waals surface area (Å²) in [5.74, 6) is -6.09. The van der Waals surface area contributed by atoms with Crippen LogP contribution in [0.4, 0.5) is 0 Å². The Balaban J connectivity index is 2.40. The highest BCUT2D eigenvalue weighted by Crippen LogP contribution is 2.35. The number of carbonyl (C=O) groups is 5. The largest absolute Gasteiger partial charge is 0.478 e. The van der Waals surface area contributed by atoms with Crippen LogP contribution in [-0.2, 0) is 4.74 Å². The third-order valence-electron chi connectivity index (χ3n) is 3.61. The Kier molecular flexibility index (Phi) is 3.45. The number of carbonyl (C=O) groups excluding carboxylic acids is 3. The molecule has 0 aliphatic heterocycles. The normalized spacial score (nSPS) is 12.4. The lowest BCUT2D eigenvalue weighted by Gasteiger charge is -2.16. The number of nitrogens with one attached hydrogen (secondary N) is 1. The number of ketones is 2. The number of esters is 1. The number of hydrogen-bond acceptors (Lipinski definition) is 7. The number of aromatic carboxylic acids is 2. The number of aromatic amines is 1. The van der Waals surface area contributed by atoms with Crippen LogP contribution in [0.1, 0.15) is 52.2 Å². The number of H-pyrrole nitrogens is 1. The Morgan fingerprint density at radius 2 is 1.76 bits per heavy atom. The molecule has 0 saturated carbocycles. The van der Waals surface area contributed by atoms with Gasteiger partial charge in [-0.1, -0.05) is 0 Å². The van der Waals surface area contributed by atoms with Crippen molar-refractivity contribution in [1.82, 2.24) is 9.97 Å². The molecular weight excluding hydrogens is 336 g/mol. The lowest BCUT2D eigenvalue weighted by atomic mass is 9.88. The first kappa shape index (κ1) is 16.1. The molecule has 126 valence electrons. The second-order valence-electron chi connectivity index (χ2n) is 5.01. The number of pyridine rings is 1. The molecule has 2 heterocycles. The number of aromatic nitrogens is 2. The first-order valence-electron chi connectivity index (χ1n) is 6.68. The zero-order chi connectivity index (χ0) is 18.5. The topological polar surface area (TPSA) is 164 Å². The number of rotatable bonds is 3. The highest BCUT2D eigenvalue weighted by Gasteiger charge is 2.38. The van der Waals surface area contributed by atoms with Crippen LogP contribution >= 0.6 is 0 Å². The molecule has 0 fully saturated rings. The van der Waals surface area contributed by atoms with Gasteiger partial charge in [-0.2, -0.15) is 0 Å². The third-order valence-corrected chi connectivity index (χ3v) is 3.61. The monoisotopic (exact) mass is 344 g/mol. The van der Waals surface area contributed by atoms with Crippen LogP contribution in [0, 0.1) is 0 Å². The van der Waals surface area contributed by atoms with Gasteiger partial charge in [-0.3, -0.25) is 9.59 Å². The van der Waals surface area contributed by atoms with E-state index in [0.29, 0.717) is 0 Å². The van der Waals surface area contributed by atoms with E-state index in [1.54, 1.807) is 0 Å². The number of fused-ring (bicyclic) bond motifs is 3. The lowest BCUT2D eigenvalue weighted by molar-refractivity contribution is 0.0592. The van der Waals surface area contributed by atoms with Crippen molar-refractivity contribution in [2.45, 2.75) is 0 Å². The molecule has 0 amide bonds. The Morgan fingerprint density at radius 3 is 2.32 bits per heavy atom. The van der Waals surface area contributed by atoms with E-state index in [4.69, 9.17) is 5.11 Å². The number of hydrogen-bond donors (Lipinski definition) is 3. The van der Waals surface area contributed by atoms with Gasteiger partial charge < -0.3 is 19.9 Å². The summed E-state index contributed by atoms with van der Waals surface area (Å²) in [5.41, 5.74) is -2.60. The van der Waals surface area contributed by atoms with E-state index in [1.165, 1.54) is 0 Å². The van der Waals surface area contributed by atoms with E-state index in [9.17, 15) is 29.1 Å². The zero-order valence-corrected chi connectivity index (χ0v) is 12.4. The lowest BCUT2D eigenvalue weighted by Crippen LogP contribution is -2.25. The summed E-state index contributed by atoms with van der Waals surface area (Å²) in [6.07, 6.45) is 0. The molecule has 25 heavy (non-hydrogen) atoms. The smallest absolute Gasteiger partial charge is 0.356 e. The molecule has 0 bridgehead atoms. The molecule has 0 radical (unpaired) electrons. The minimum Gasteiger partial charge on any atom is -0.478 e. The van der Waals surface area contributed by atoms with Crippen LogP contribution in [0.5, 0.6) is 0 Å². The maximum absolute atomic E-state index is 12.3. The van der Waals surface area contributed by atoms with E-state index in [0.717, 1.165) is 19.2 Å². The fraction of sp³-hybridized carbons (Fsp3) is 0.0667. The molecule has 2 aromatic heterocycles. The van der Waals surface area contributed by atoms with Gasteiger partial charge in [0.1, 0.15) is 17.1 Å². The van der Waals surface area contributed by atoms with Crippen LogP contribution in [0.15, 0.2) is 12.1 Å². The number of carboxylic acid groups (broad SMARTS) is 2. The molecule has 10 heteroatoms. The van der Waals surface area contributed by atoms with Gasteiger partial charge in [0.2, 0.25) is 5.78 Å². The van der Waals surface area contributed by atoms with E-state index in [-0.39, 0.29) is 16.8 Å².